The normalized spacial score (nSPS) is 23.6. The standard InChI is InChI=1S/C14H18ClN3O2/c1-8(15)13-16-11-4-5-12(20-3)17-14(11)18(13)9-6-10(7-9)19-2/h4-5,8-10H,6-7H2,1-3H3. The Bertz CT molecular complexity index is 620. The number of halogens is 1. The fraction of sp³-hybridized carbons (Fsp3) is 0.571. The minimum Gasteiger partial charge on any atom is -0.481 e. The van der Waals surface area contributed by atoms with E-state index in [9.17, 15) is 0 Å². The predicted octanol–water partition coefficient (Wildman–Crippen LogP) is 3.09. The van der Waals surface area contributed by atoms with Crippen molar-refractivity contribution in [3.8, 4) is 5.88 Å². The van der Waals surface area contributed by atoms with Crippen molar-refractivity contribution in [3.05, 3.63) is 18.0 Å². The first-order chi connectivity index (χ1) is 9.63. The number of hydrogen-bond donors (Lipinski definition) is 0. The molecular weight excluding hydrogens is 278 g/mol. The highest BCUT2D eigenvalue weighted by Crippen LogP contribution is 2.39. The van der Waals surface area contributed by atoms with Crippen molar-refractivity contribution >= 4 is 22.8 Å². The van der Waals surface area contributed by atoms with E-state index in [0.717, 1.165) is 29.8 Å². The molecule has 1 saturated carbocycles. The van der Waals surface area contributed by atoms with Gasteiger partial charge in [-0.15, -0.1) is 11.6 Å². The molecule has 0 bridgehead atoms. The molecule has 108 valence electrons. The molecular formula is C14H18ClN3O2. The third-order valence-corrected chi connectivity index (χ3v) is 4.07. The summed E-state index contributed by atoms with van der Waals surface area (Å²) in [5, 5.41) is -0.156. The quantitative estimate of drug-likeness (QED) is 0.813. The molecule has 1 atom stereocenters. The van der Waals surface area contributed by atoms with E-state index in [4.69, 9.17) is 21.1 Å². The van der Waals surface area contributed by atoms with E-state index >= 15 is 0 Å². The van der Waals surface area contributed by atoms with Crippen molar-refractivity contribution in [2.75, 3.05) is 14.2 Å². The Morgan fingerprint density at radius 1 is 1.30 bits per heavy atom. The van der Waals surface area contributed by atoms with Gasteiger partial charge in [-0.25, -0.2) is 4.98 Å². The molecule has 0 aromatic carbocycles. The van der Waals surface area contributed by atoms with Crippen LogP contribution < -0.4 is 4.74 Å². The molecule has 0 N–H and O–H groups in total. The summed E-state index contributed by atoms with van der Waals surface area (Å²) in [5.74, 6) is 1.46. The third kappa shape index (κ3) is 2.15. The molecule has 1 aliphatic rings. The third-order valence-electron chi connectivity index (χ3n) is 3.87. The highest BCUT2D eigenvalue weighted by Gasteiger charge is 2.34. The van der Waals surface area contributed by atoms with E-state index in [2.05, 4.69) is 14.5 Å². The van der Waals surface area contributed by atoms with Crippen LogP contribution in [-0.2, 0) is 4.74 Å². The van der Waals surface area contributed by atoms with Gasteiger partial charge < -0.3 is 14.0 Å². The maximum atomic E-state index is 6.28. The highest BCUT2D eigenvalue weighted by molar-refractivity contribution is 6.20. The first-order valence-electron chi connectivity index (χ1n) is 6.73. The number of ether oxygens (including phenoxy) is 2. The van der Waals surface area contributed by atoms with Gasteiger partial charge in [0.25, 0.3) is 0 Å². The van der Waals surface area contributed by atoms with Crippen LogP contribution in [0.15, 0.2) is 12.1 Å². The number of alkyl halides is 1. The van der Waals surface area contributed by atoms with Crippen LogP contribution >= 0.6 is 11.6 Å². The van der Waals surface area contributed by atoms with E-state index in [1.54, 1.807) is 14.2 Å². The lowest BCUT2D eigenvalue weighted by Gasteiger charge is -2.36. The lowest BCUT2D eigenvalue weighted by atomic mass is 9.89. The van der Waals surface area contributed by atoms with Gasteiger partial charge in [-0.2, -0.15) is 4.98 Å². The fourth-order valence-corrected chi connectivity index (χ4v) is 2.82. The number of methoxy groups -OCH3 is 2. The minimum absolute atomic E-state index is 0.156. The summed E-state index contributed by atoms with van der Waals surface area (Å²) < 4.78 is 12.7. The van der Waals surface area contributed by atoms with Crippen LogP contribution in [0.1, 0.15) is 37.0 Å². The Balaban J connectivity index is 2.08. The second kappa shape index (κ2) is 5.22. The monoisotopic (exact) mass is 295 g/mol. The van der Waals surface area contributed by atoms with Gasteiger partial charge in [-0.3, -0.25) is 0 Å². The first kappa shape index (κ1) is 13.6. The number of hydrogen-bond acceptors (Lipinski definition) is 4. The van der Waals surface area contributed by atoms with Crippen LogP contribution in [0.5, 0.6) is 5.88 Å². The topological polar surface area (TPSA) is 49.2 Å². The zero-order chi connectivity index (χ0) is 14.3. The molecule has 0 amide bonds. The molecule has 6 heteroatoms. The SMILES string of the molecule is COc1ccc2nc(C(C)Cl)n(C3CC(OC)C3)c2n1. The molecule has 1 fully saturated rings. The van der Waals surface area contributed by atoms with Crippen molar-refractivity contribution < 1.29 is 9.47 Å². The average Bonchev–Trinajstić information content (AvgIpc) is 2.76. The molecule has 0 spiro atoms. The van der Waals surface area contributed by atoms with Crippen molar-refractivity contribution in [2.45, 2.75) is 37.3 Å². The number of rotatable bonds is 4. The molecule has 0 saturated heterocycles. The van der Waals surface area contributed by atoms with E-state index in [0.29, 0.717) is 18.0 Å². The Labute approximate surface area is 122 Å². The molecule has 2 heterocycles. The molecule has 3 rings (SSSR count). The molecule has 2 aromatic heterocycles. The van der Waals surface area contributed by atoms with E-state index < -0.39 is 0 Å². The van der Waals surface area contributed by atoms with Gasteiger partial charge in [0.1, 0.15) is 11.3 Å². The summed E-state index contributed by atoms with van der Waals surface area (Å²) in [4.78, 5) is 9.14. The number of fused-ring (bicyclic) bond motifs is 1. The lowest BCUT2D eigenvalue weighted by Crippen LogP contribution is -2.33. The molecule has 0 aliphatic heterocycles. The molecule has 2 aromatic rings. The van der Waals surface area contributed by atoms with Gasteiger partial charge in [0.15, 0.2) is 5.65 Å². The summed E-state index contributed by atoms with van der Waals surface area (Å²) in [6.45, 7) is 1.93. The maximum absolute atomic E-state index is 6.28. The number of nitrogens with zero attached hydrogens (tertiary/aromatic N) is 3. The van der Waals surface area contributed by atoms with E-state index in [-0.39, 0.29) is 5.38 Å². The Morgan fingerprint density at radius 2 is 2.05 bits per heavy atom. The van der Waals surface area contributed by atoms with Crippen LogP contribution in [0.4, 0.5) is 0 Å². The highest BCUT2D eigenvalue weighted by atomic mass is 35.5. The molecule has 5 nitrogen and oxygen atoms in total. The summed E-state index contributed by atoms with van der Waals surface area (Å²) in [5.41, 5.74) is 1.69. The van der Waals surface area contributed by atoms with Gasteiger partial charge in [0.2, 0.25) is 5.88 Å². The van der Waals surface area contributed by atoms with Gasteiger partial charge in [0, 0.05) is 19.2 Å². The molecule has 0 radical (unpaired) electrons. The Morgan fingerprint density at radius 3 is 2.65 bits per heavy atom. The second-order valence-electron chi connectivity index (χ2n) is 5.14. The maximum Gasteiger partial charge on any atom is 0.215 e. The van der Waals surface area contributed by atoms with Crippen LogP contribution in [0, 0.1) is 0 Å². The number of imidazole rings is 1. The smallest absolute Gasteiger partial charge is 0.215 e. The predicted molar refractivity (Wildman–Crippen MR) is 77.4 cm³/mol. The van der Waals surface area contributed by atoms with Crippen LogP contribution in [0.2, 0.25) is 0 Å². The van der Waals surface area contributed by atoms with E-state index in [1.165, 1.54) is 0 Å². The van der Waals surface area contributed by atoms with Gasteiger partial charge in [-0.1, -0.05) is 0 Å². The zero-order valence-corrected chi connectivity index (χ0v) is 12.6. The number of aromatic nitrogens is 3. The van der Waals surface area contributed by atoms with Crippen LogP contribution in [-0.4, -0.2) is 34.9 Å². The van der Waals surface area contributed by atoms with Gasteiger partial charge in [-0.05, 0) is 25.8 Å². The fourth-order valence-electron chi connectivity index (χ4n) is 2.67. The van der Waals surface area contributed by atoms with Crippen LogP contribution in [0.25, 0.3) is 11.2 Å². The Kier molecular flexibility index (Phi) is 3.56. The molecule has 1 unspecified atom stereocenters. The van der Waals surface area contributed by atoms with Crippen molar-refractivity contribution in [3.63, 3.8) is 0 Å². The zero-order valence-electron chi connectivity index (χ0n) is 11.8. The number of pyridine rings is 1. The summed E-state index contributed by atoms with van der Waals surface area (Å²) in [6, 6.07) is 4.09. The summed E-state index contributed by atoms with van der Waals surface area (Å²) in [7, 11) is 3.36. The van der Waals surface area contributed by atoms with Crippen LogP contribution in [0.3, 0.4) is 0 Å². The largest absolute Gasteiger partial charge is 0.481 e. The van der Waals surface area contributed by atoms with Crippen molar-refractivity contribution in [1.29, 1.82) is 0 Å². The average molecular weight is 296 g/mol. The molecule has 1 aliphatic carbocycles. The Hall–Kier alpha value is -1.33. The first-order valence-corrected chi connectivity index (χ1v) is 7.17. The lowest BCUT2D eigenvalue weighted by molar-refractivity contribution is 0.00642. The minimum atomic E-state index is -0.156. The van der Waals surface area contributed by atoms with E-state index in [1.807, 2.05) is 19.1 Å². The van der Waals surface area contributed by atoms with Gasteiger partial charge in [0.05, 0.1) is 18.6 Å². The molecule has 20 heavy (non-hydrogen) atoms. The summed E-state index contributed by atoms with van der Waals surface area (Å²) >= 11 is 6.28. The van der Waals surface area contributed by atoms with Crippen molar-refractivity contribution in [1.82, 2.24) is 14.5 Å². The van der Waals surface area contributed by atoms with Crippen molar-refractivity contribution in [2.24, 2.45) is 0 Å². The van der Waals surface area contributed by atoms with Gasteiger partial charge >= 0.3 is 0 Å². The second-order valence-corrected chi connectivity index (χ2v) is 5.79. The summed E-state index contributed by atoms with van der Waals surface area (Å²) in [6.07, 6.45) is 2.26.